The first kappa shape index (κ1) is 16.0. The van der Waals surface area contributed by atoms with Gasteiger partial charge in [0.25, 0.3) is 5.69 Å². The zero-order valence-corrected chi connectivity index (χ0v) is 11.5. The number of nitrogens with one attached hydrogen (secondary N) is 1. The number of rotatable bonds is 6. The van der Waals surface area contributed by atoms with Gasteiger partial charge in [0.05, 0.1) is 16.6 Å². The van der Waals surface area contributed by atoms with E-state index in [0.717, 1.165) is 17.7 Å². The summed E-state index contributed by atoms with van der Waals surface area (Å²) >= 11 is 0. The van der Waals surface area contributed by atoms with Gasteiger partial charge in [0, 0.05) is 25.2 Å². The van der Waals surface area contributed by atoms with E-state index in [0.29, 0.717) is 6.54 Å². The first-order valence-corrected chi connectivity index (χ1v) is 6.55. The number of hydrogen-bond donors (Lipinski definition) is 2. The standard InChI is InChI=1S/C15H14F2N2O3/c16-12-2-1-3-13(17)15(12)14(20)9-18-8-10-4-6-11(7-5-10)19(21)22/h1-7,14,18,20H,8-9H2. The van der Waals surface area contributed by atoms with Crippen molar-refractivity contribution >= 4 is 5.69 Å². The van der Waals surface area contributed by atoms with Crippen LogP contribution in [0.3, 0.4) is 0 Å². The molecule has 0 radical (unpaired) electrons. The van der Waals surface area contributed by atoms with Crippen molar-refractivity contribution in [3.05, 3.63) is 75.3 Å². The van der Waals surface area contributed by atoms with Gasteiger partial charge in [-0.2, -0.15) is 0 Å². The van der Waals surface area contributed by atoms with E-state index in [4.69, 9.17) is 0 Å². The summed E-state index contributed by atoms with van der Waals surface area (Å²) < 4.78 is 27.0. The van der Waals surface area contributed by atoms with E-state index in [1.807, 2.05) is 0 Å². The van der Waals surface area contributed by atoms with Gasteiger partial charge in [0.15, 0.2) is 0 Å². The normalized spacial score (nSPS) is 12.1. The summed E-state index contributed by atoms with van der Waals surface area (Å²) in [6.07, 6.45) is -1.32. The van der Waals surface area contributed by atoms with Crippen LogP contribution in [0.15, 0.2) is 42.5 Å². The highest BCUT2D eigenvalue weighted by Gasteiger charge is 2.17. The second kappa shape index (κ2) is 7.06. The van der Waals surface area contributed by atoms with Crippen LogP contribution in [0.1, 0.15) is 17.2 Å². The summed E-state index contributed by atoms with van der Waals surface area (Å²) in [6.45, 7) is 0.264. The van der Waals surface area contributed by atoms with Gasteiger partial charge in [-0.3, -0.25) is 10.1 Å². The predicted octanol–water partition coefficient (Wildman–Crippen LogP) is 2.70. The van der Waals surface area contributed by atoms with Gasteiger partial charge in [-0.15, -0.1) is 0 Å². The largest absolute Gasteiger partial charge is 0.387 e. The molecule has 0 aromatic heterocycles. The highest BCUT2D eigenvalue weighted by molar-refractivity contribution is 5.32. The zero-order valence-electron chi connectivity index (χ0n) is 11.5. The minimum atomic E-state index is -1.32. The van der Waals surface area contributed by atoms with Crippen molar-refractivity contribution in [2.45, 2.75) is 12.6 Å². The van der Waals surface area contributed by atoms with Crippen LogP contribution in [-0.2, 0) is 6.54 Å². The number of hydrogen-bond acceptors (Lipinski definition) is 4. The van der Waals surface area contributed by atoms with Crippen LogP contribution in [0.2, 0.25) is 0 Å². The minimum Gasteiger partial charge on any atom is -0.387 e. The van der Waals surface area contributed by atoms with E-state index in [1.165, 1.54) is 18.2 Å². The molecule has 116 valence electrons. The molecule has 2 aromatic carbocycles. The zero-order chi connectivity index (χ0) is 16.1. The molecule has 2 rings (SSSR count). The summed E-state index contributed by atoms with van der Waals surface area (Å²) in [5.41, 5.74) is 0.364. The second-order valence-electron chi connectivity index (χ2n) is 4.71. The number of nitro groups is 1. The van der Waals surface area contributed by atoms with Crippen molar-refractivity contribution in [2.75, 3.05) is 6.54 Å². The van der Waals surface area contributed by atoms with Gasteiger partial charge in [-0.05, 0) is 17.7 Å². The minimum absolute atomic E-state index is 0.0165. The number of nitrogens with zero attached hydrogens (tertiary/aromatic N) is 1. The van der Waals surface area contributed by atoms with E-state index >= 15 is 0 Å². The Morgan fingerprint density at radius 3 is 2.27 bits per heavy atom. The quantitative estimate of drug-likeness (QED) is 0.635. The van der Waals surface area contributed by atoms with Gasteiger partial charge in [-0.25, -0.2) is 8.78 Å². The average molecular weight is 308 g/mol. The second-order valence-corrected chi connectivity index (χ2v) is 4.71. The maximum atomic E-state index is 13.5. The van der Waals surface area contributed by atoms with E-state index < -0.39 is 22.7 Å². The fourth-order valence-corrected chi connectivity index (χ4v) is 2.02. The maximum Gasteiger partial charge on any atom is 0.269 e. The number of halogens is 2. The lowest BCUT2D eigenvalue weighted by Crippen LogP contribution is -2.22. The molecule has 0 spiro atoms. The third-order valence-corrected chi connectivity index (χ3v) is 3.15. The SMILES string of the molecule is O=[N+]([O-])c1ccc(CNCC(O)c2c(F)cccc2F)cc1. The number of aliphatic hydroxyl groups is 1. The molecule has 1 unspecified atom stereocenters. The van der Waals surface area contributed by atoms with Crippen LogP contribution < -0.4 is 5.32 Å². The third kappa shape index (κ3) is 3.84. The van der Waals surface area contributed by atoms with Gasteiger partial charge in [-0.1, -0.05) is 18.2 Å². The molecule has 7 heteroatoms. The molecule has 0 aliphatic carbocycles. The summed E-state index contributed by atoms with van der Waals surface area (Å²) in [4.78, 5) is 10.0. The van der Waals surface area contributed by atoms with E-state index in [1.54, 1.807) is 12.1 Å². The molecule has 0 bridgehead atoms. The van der Waals surface area contributed by atoms with Crippen LogP contribution in [0.5, 0.6) is 0 Å². The van der Waals surface area contributed by atoms with Gasteiger partial charge in [0.2, 0.25) is 0 Å². The van der Waals surface area contributed by atoms with E-state index in [9.17, 15) is 24.0 Å². The molecule has 1 atom stereocenters. The highest BCUT2D eigenvalue weighted by Crippen LogP contribution is 2.20. The molecular weight excluding hydrogens is 294 g/mol. The fraction of sp³-hybridized carbons (Fsp3) is 0.200. The third-order valence-electron chi connectivity index (χ3n) is 3.15. The van der Waals surface area contributed by atoms with Crippen LogP contribution >= 0.6 is 0 Å². The number of benzene rings is 2. The van der Waals surface area contributed by atoms with Crippen LogP contribution in [-0.4, -0.2) is 16.6 Å². The Hall–Kier alpha value is -2.38. The average Bonchev–Trinajstić information content (AvgIpc) is 2.47. The molecule has 0 aliphatic rings. The van der Waals surface area contributed by atoms with Crippen molar-refractivity contribution in [3.8, 4) is 0 Å². The van der Waals surface area contributed by atoms with E-state index in [-0.39, 0.29) is 17.8 Å². The molecule has 22 heavy (non-hydrogen) atoms. The number of aliphatic hydroxyl groups excluding tert-OH is 1. The van der Waals surface area contributed by atoms with Crippen LogP contribution in [0, 0.1) is 21.7 Å². The van der Waals surface area contributed by atoms with Gasteiger partial charge < -0.3 is 10.4 Å². The Kier molecular flexibility index (Phi) is 5.13. The fourth-order valence-electron chi connectivity index (χ4n) is 2.02. The van der Waals surface area contributed by atoms with Crippen molar-refractivity contribution in [1.82, 2.24) is 5.32 Å². The first-order chi connectivity index (χ1) is 10.5. The summed E-state index contributed by atoms with van der Waals surface area (Å²) in [5, 5.41) is 23.2. The Balaban J connectivity index is 1.92. The molecule has 0 aliphatic heterocycles. The maximum absolute atomic E-state index is 13.5. The topological polar surface area (TPSA) is 75.4 Å². The Morgan fingerprint density at radius 1 is 1.14 bits per heavy atom. The first-order valence-electron chi connectivity index (χ1n) is 6.55. The molecule has 5 nitrogen and oxygen atoms in total. The lowest BCUT2D eigenvalue weighted by molar-refractivity contribution is -0.384. The number of nitro benzene ring substituents is 1. The van der Waals surface area contributed by atoms with Crippen LogP contribution in [0.25, 0.3) is 0 Å². The Morgan fingerprint density at radius 2 is 1.73 bits per heavy atom. The monoisotopic (exact) mass is 308 g/mol. The van der Waals surface area contributed by atoms with Crippen molar-refractivity contribution in [2.24, 2.45) is 0 Å². The van der Waals surface area contributed by atoms with Crippen molar-refractivity contribution < 1.29 is 18.8 Å². The lowest BCUT2D eigenvalue weighted by Gasteiger charge is -2.13. The van der Waals surface area contributed by atoms with Crippen molar-refractivity contribution in [3.63, 3.8) is 0 Å². The molecule has 0 fully saturated rings. The van der Waals surface area contributed by atoms with Gasteiger partial charge in [0.1, 0.15) is 11.6 Å². The molecule has 2 N–H and O–H groups in total. The highest BCUT2D eigenvalue weighted by atomic mass is 19.1. The molecule has 2 aromatic rings. The van der Waals surface area contributed by atoms with E-state index in [2.05, 4.69) is 5.32 Å². The Bertz CT molecular complexity index is 642. The summed E-state index contributed by atoms with van der Waals surface area (Å²) in [5.74, 6) is -1.60. The molecule has 0 saturated heterocycles. The Labute approximate surface area is 125 Å². The number of non-ortho nitro benzene ring substituents is 1. The van der Waals surface area contributed by atoms with Crippen LogP contribution in [0.4, 0.5) is 14.5 Å². The molecule has 0 heterocycles. The van der Waals surface area contributed by atoms with Gasteiger partial charge >= 0.3 is 0 Å². The smallest absolute Gasteiger partial charge is 0.269 e. The molecule has 0 amide bonds. The van der Waals surface area contributed by atoms with Crippen molar-refractivity contribution in [1.29, 1.82) is 0 Å². The lowest BCUT2D eigenvalue weighted by atomic mass is 10.1. The molecule has 0 saturated carbocycles. The summed E-state index contributed by atoms with van der Waals surface area (Å²) in [6, 6.07) is 9.26. The molecular formula is C15H14F2N2O3. The predicted molar refractivity (Wildman–Crippen MR) is 76.1 cm³/mol. The summed E-state index contributed by atoms with van der Waals surface area (Å²) in [7, 11) is 0.